The highest BCUT2D eigenvalue weighted by Gasteiger charge is 2.44. The van der Waals surface area contributed by atoms with E-state index in [9.17, 15) is 31.9 Å². The first kappa shape index (κ1) is 33.7. The second kappa shape index (κ2) is 14.6. The van der Waals surface area contributed by atoms with E-state index in [1.165, 1.54) is 0 Å². The van der Waals surface area contributed by atoms with Crippen molar-refractivity contribution in [3.63, 3.8) is 0 Å². The van der Waals surface area contributed by atoms with Crippen molar-refractivity contribution in [3.8, 4) is 23.8 Å². The molecule has 1 heterocycles. The number of halogens is 2. The number of sulfonamides is 1. The Bertz CT molecular complexity index is 1420. The number of aliphatic hydroxyl groups excluding tert-OH is 1. The third-order valence-electron chi connectivity index (χ3n) is 6.37. The third-order valence-corrected chi connectivity index (χ3v) is 8.20. The summed E-state index contributed by atoms with van der Waals surface area (Å²) in [6.45, 7) is 2.85. The number of aliphatic hydroxyl groups is 1. The highest BCUT2D eigenvalue weighted by Crippen LogP contribution is 2.42. The summed E-state index contributed by atoms with van der Waals surface area (Å²) < 4.78 is 64.6. The van der Waals surface area contributed by atoms with Gasteiger partial charge in [0.2, 0.25) is 15.9 Å². The maximum atomic E-state index is 13.8. The molecule has 11 nitrogen and oxygen atoms in total. The number of alkyl halides is 2. The summed E-state index contributed by atoms with van der Waals surface area (Å²) in [6.07, 6.45) is -0.110. The van der Waals surface area contributed by atoms with E-state index in [4.69, 9.17) is 6.42 Å². The Balaban J connectivity index is 2.00. The van der Waals surface area contributed by atoms with Crippen LogP contribution in [0.4, 0.5) is 8.78 Å². The molecule has 0 saturated carbocycles. The summed E-state index contributed by atoms with van der Waals surface area (Å²) in [5, 5.41) is 15.3. The Morgan fingerprint density at radius 3 is 2.40 bits per heavy atom. The van der Waals surface area contributed by atoms with Crippen molar-refractivity contribution in [3.05, 3.63) is 54.1 Å². The normalized spacial score (nSPS) is 15.1. The number of benzene rings is 2. The number of ether oxygens (including phenoxy) is 2. The number of amides is 2. The predicted octanol–water partition coefficient (Wildman–Crippen LogP) is 2.12. The van der Waals surface area contributed by atoms with E-state index in [0.29, 0.717) is 5.56 Å². The van der Waals surface area contributed by atoms with Crippen molar-refractivity contribution < 1.29 is 41.4 Å². The van der Waals surface area contributed by atoms with Crippen LogP contribution < -0.4 is 20.2 Å². The number of carbonyl (C=O) groups excluding carboxylic acids is 2. The molecule has 2 aromatic rings. The number of likely N-dealkylation sites (N-methyl/N-ethyl adjacent to an activating group) is 1. The molecule has 3 rings (SSSR count). The summed E-state index contributed by atoms with van der Waals surface area (Å²) in [5.41, 5.74) is 3.24. The lowest BCUT2D eigenvalue weighted by Crippen LogP contribution is -2.60. The van der Waals surface area contributed by atoms with E-state index in [1.807, 2.05) is 0 Å². The van der Waals surface area contributed by atoms with Gasteiger partial charge in [-0.15, -0.1) is 21.1 Å². The van der Waals surface area contributed by atoms with Crippen LogP contribution in [0.2, 0.25) is 0 Å². The van der Waals surface area contributed by atoms with E-state index in [1.54, 1.807) is 51.2 Å². The number of hydrazine groups is 1. The molecular weight excluding hydrogens is 586 g/mol. The van der Waals surface area contributed by atoms with Crippen LogP contribution in [-0.2, 0) is 26.0 Å². The van der Waals surface area contributed by atoms with Gasteiger partial charge >= 0.3 is 6.29 Å². The number of terminal acetylenes is 1. The third kappa shape index (κ3) is 9.11. The number of hydrogen-bond acceptors (Lipinski definition) is 8. The Labute approximate surface area is 250 Å². The van der Waals surface area contributed by atoms with Crippen LogP contribution in [0, 0.1) is 18.3 Å². The van der Waals surface area contributed by atoms with Crippen LogP contribution in [0.25, 0.3) is 0 Å². The Kier molecular flexibility index (Phi) is 11.5. The molecule has 1 aliphatic heterocycles. The fourth-order valence-corrected chi connectivity index (χ4v) is 6.10. The number of hydrogen-bond donors (Lipinski definition) is 3. The summed E-state index contributed by atoms with van der Waals surface area (Å²) in [6, 6.07) is 10.8. The molecule has 0 radical (unpaired) electrons. The molecule has 0 fully saturated rings. The van der Waals surface area contributed by atoms with Crippen molar-refractivity contribution in [2.24, 2.45) is 5.92 Å². The van der Waals surface area contributed by atoms with Gasteiger partial charge in [-0.1, -0.05) is 44.2 Å². The molecule has 0 bridgehead atoms. The van der Waals surface area contributed by atoms with Crippen LogP contribution in [0.3, 0.4) is 0 Å². The second-order valence-corrected chi connectivity index (χ2v) is 12.3. The zero-order valence-corrected chi connectivity index (χ0v) is 24.9. The molecule has 3 N–H and O–H groups in total. The van der Waals surface area contributed by atoms with Crippen molar-refractivity contribution in [1.29, 1.82) is 0 Å². The van der Waals surface area contributed by atoms with Gasteiger partial charge in [0.25, 0.3) is 5.91 Å². The molecule has 0 aromatic heterocycles. The van der Waals surface area contributed by atoms with Crippen molar-refractivity contribution in [2.75, 3.05) is 26.7 Å². The number of fused-ring (bicyclic) bond motifs is 1. The first-order chi connectivity index (χ1) is 20.3. The van der Waals surface area contributed by atoms with Crippen LogP contribution in [0.15, 0.2) is 53.4 Å². The molecule has 0 saturated heterocycles. The molecule has 234 valence electrons. The van der Waals surface area contributed by atoms with Gasteiger partial charge in [-0.05, 0) is 37.1 Å². The SMILES string of the molecule is C#CCCC(=O)N(NC(=O)CNC)C(Cc1ccccc1)[C@H](O)CN(CC(C)C)S(=O)(=O)c1ccc2c(c1)OC(F)(F)O2. The molecule has 1 aliphatic rings. The van der Waals surface area contributed by atoms with Crippen molar-refractivity contribution >= 4 is 21.8 Å². The molecule has 2 aromatic carbocycles. The largest absolute Gasteiger partial charge is 0.586 e. The topological polar surface area (TPSA) is 138 Å². The molecule has 43 heavy (non-hydrogen) atoms. The van der Waals surface area contributed by atoms with Crippen LogP contribution in [0.5, 0.6) is 11.5 Å². The molecule has 0 aliphatic carbocycles. The van der Waals surface area contributed by atoms with Gasteiger partial charge in [0.05, 0.1) is 23.6 Å². The number of nitrogens with zero attached hydrogens (tertiary/aromatic N) is 2. The number of nitrogens with one attached hydrogen (secondary N) is 2. The van der Waals surface area contributed by atoms with Gasteiger partial charge in [0, 0.05) is 32.0 Å². The van der Waals surface area contributed by atoms with E-state index < -0.39 is 52.6 Å². The average Bonchev–Trinajstić information content (AvgIpc) is 3.26. The van der Waals surface area contributed by atoms with E-state index in [0.717, 1.165) is 27.5 Å². The number of carbonyl (C=O) groups is 2. The lowest BCUT2D eigenvalue weighted by atomic mass is 9.99. The van der Waals surface area contributed by atoms with E-state index in [-0.39, 0.29) is 48.9 Å². The Hall–Kier alpha value is -3.77. The molecular formula is C29H36F2N4O7S. The standard InChI is InChI=1S/C29H36F2N4O7S/c1-5-6-12-28(38)35(33-27(37)17-32-4)23(15-21-10-8-7-9-11-21)24(36)19-34(18-20(2)3)43(39,40)22-13-14-25-26(16-22)42-29(30,31)41-25/h1,7-11,13-14,16,20,23-24,32,36H,6,12,15,17-19H2,2-4H3,(H,33,37)/t23?,24-/m1/s1. The quantitative estimate of drug-likeness (QED) is 0.215. The molecule has 2 amide bonds. The zero-order valence-electron chi connectivity index (χ0n) is 24.1. The van der Waals surface area contributed by atoms with E-state index >= 15 is 0 Å². The highest BCUT2D eigenvalue weighted by molar-refractivity contribution is 7.89. The zero-order chi connectivity index (χ0) is 31.8. The predicted molar refractivity (Wildman–Crippen MR) is 153 cm³/mol. The van der Waals surface area contributed by atoms with Gasteiger partial charge in [-0.2, -0.15) is 4.31 Å². The van der Waals surface area contributed by atoms with Gasteiger partial charge < -0.3 is 19.9 Å². The first-order valence-corrected chi connectivity index (χ1v) is 15.0. The summed E-state index contributed by atoms with van der Waals surface area (Å²) in [4.78, 5) is 25.5. The van der Waals surface area contributed by atoms with Crippen LogP contribution in [0.1, 0.15) is 32.3 Å². The summed E-state index contributed by atoms with van der Waals surface area (Å²) in [5.74, 6) is 0.261. The Morgan fingerprint density at radius 2 is 1.77 bits per heavy atom. The molecule has 14 heteroatoms. The monoisotopic (exact) mass is 622 g/mol. The smallest absolute Gasteiger partial charge is 0.395 e. The van der Waals surface area contributed by atoms with Crippen molar-refractivity contribution in [2.45, 2.75) is 56.4 Å². The summed E-state index contributed by atoms with van der Waals surface area (Å²) in [7, 11) is -2.83. The second-order valence-electron chi connectivity index (χ2n) is 10.3. The number of rotatable bonds is 14. The fraction of sp³-hybridized carbons (Fsp3) is 0.448. The van der Waals surface area contributed by atoms with Gasteiger partial charge in [-0.3, -0.25) is 15.0 Å². The minimum absolute atomic E-state index is 0.0539. The maximum Gasteiger partial charge on any atom is 0.586 e. The average molecular weight is 623 g/mol. The fourth-order valence-electron chi connectivity index (χ4n) is 4.47. The lowest BCUT2D eigenvalue weighted by Gasteiger charge is -2.37. The van der Waals surface area contributed by atoms with E-state index in [2.05, 4.69) is 26.1 Å². The Morgan fingerprint density at radius 1 is 1.09 bits per heavy atom. The van der Waals surface area contributed by atoms with Gasteiger partial charge in [0.1, 0.15) is 0 Å². The van der Waals surface area contributed by atoms with Gasteiger partial charge in [-0.25, -0.2) is 13.4 Å². The van der Waals surface area contributed by atoms with Crippen LogP contribution in [-0.4, -0.2) is 79.8 Å². The van der Waals surface area contributed by atoms with Crippen molar-refractivity contribution in [1.82, 2.24) is 20.1 Å². The highest BCUT2D eigenvalue weighted by atomic mass is 32.2. The molecule has 0 spiro atoms. The van der Waals surface area contributed by atoms with Crippen LogP contribution >= 0.6 is 0 Å². The first-order valence-electron chi connectivity index (χ1n) is 13.6. The minimum Gasteiger partial charge on any atom is -0.395 e. The molecule has 1 unspecified atom stereocenters. The molecule has 2 atom stereocenters. The minimum atomic E-state index is -4.38. The maximum absolute atomic E-state index is 13.8. The van der Waals surface area contributed by atoms with Gasteiger partial charge in [0.15, 0.2) is 11.5 Å². The summed E-state index contributed by atoms with van der Waals surface area (Å²) >= 11 is 0. The lowest BCUT2D eigenvalue weighted by molar-refractivity contribution is -0.286.